The van der Waals surface area contributed by atoms with Crippen LogP contribution in [0.3, 0.4) is 0 Å². The van der Waals surface area contributed by atoms with Crippen LogP contribution in [0, 0.1) is 5.82 Å². The SMILES string of the molecule is CC[C@H](C)NC(=O)[C@H](C)N(Cc1ccc(F)cc1)C(=O)CSCc1cccc(Cl)c1. The van der Waals surface area contributed by atoms with Crippen LogP contribution in [0.15, 0.2) is 48.5 Å². The molecule has 2 atom stereocenters. The number of hydrogen-bond acceptors (Lipinski definition) is 3. The Bertz CT molecular complexity index is 847. The molecule has 0 unspecified atom stereocenters. The summed E-state index contributed by atoms with van der Waals surface area (Å²) in [7, 11) is 0. The van der Waals surface area contributed by atoms with Crippen molar-refractivity contribution < 1.29 is 14.0 Å². The lowest BCUT2D eigenvalue weighted by atomic mass is 10.1. The van der Waals surface area contributed by atoms with Crippen LogP contribution in [0.25, 0.3) is 0 Å². The minimum atomic E-state index is -0.636. The zero-order chi connectivity index (χ0) is 22.1. The molecule has 2 rings (SSSR count). The van der Waals surface area contributed by atoms with Crippen LogP contribution in [0.1, 0.15) is 38.3 Å². The van der Waals surface area contributed by atoms with E-state index in [1.807, 2.05) is 38.1 Å². The first-order valence-electron chi connectivity index (χ1n) is 9.96. The van der Waals surface area contributed by atoms with Crippen LogP contribution < -0.4 is 5.32 Å². The van der Waals surface area contributed by atoms with E-state index in [-0.39, 0.29) is 36.0 Å². The predicted octanol–water partition coefficient (Wildman–Crippen LogP) is 5.04. The monoisotopic (exact) mass is 450 g/mol. The number of thioether (sulfide) groups is 1. The Balaban J connectivity index is 2.07. The van der Waals surface area contributed by atoms with Gasteiger partial charge in [-0.2, -0.15) is 0 Å². The van der Waals surface area contributed by atoms with E-state index >= 15 is 0 Å². The maximum absolute atomic E-state index is 13.3. The zero-order valence-corrected chi connectivity index (χ0v) is 19.1. The Morgan fingerprint density at radius 2 is 1.83 bits per heavy atom. The van der Waals surface area contributed by atoms with Crippen molar-refractivity contribution in [2.45, 2.75) is 51.6 Å². The number of hydrogen-bond donors (Lipinski definition) is 1. The molecule has 4 nitrogen and oxygen atoms in total. The number of benzene rings is 2. The number of amides is 2. The average molecular weight is 451 g/mol. The molecule has 1 N–H and O–H groups in total. The van der Waals surface area contributed by atoms with Gasteiger partial charge in [-0.05, 0) is 55.7 Å². The first kappa shape index (κ1) is 24.2. The number of nitrogens with one attached hydrogen (secondary N) is 1. The molecule has 162 valence electrons. The summed E-state index contributed by atoms with van der Waals surface area (Å²) < 4.78 is 13.3. The fourth-order valence-electron chi connectivity index (χ4n) is 2.80. The molecule has 2 aromatic carbocycles. The van der Waals surface area contributed by atoms with E-state index in [0.717, 1.165) is 17.5 Å². The molecular formula is C23H28ClFN2O2S. The average Bonchev–Trinajstić information content (AvgIpc) is 2.72. The molecule has 0 spiro atoms. The first-order valence-corrected chi connectivity index (χ1v) is 11.5. The Labute approximate surface area is 187 Å². The van der Waals surface area contributed by atoms with Gasteiger partial charge in [0.25, 0.3) is 0 Å². The van der Waals surface area contributed by atoms with Crippen LogP contribution in [0.4, 0.5) is 4.39 Å². The van der Waals surface area contributed by atoms with Crippen molar-refractivity contribution >= 4 is 35.2 Å². The zero-order valence-electron chi connectivity index (χ0n) is 17.5. The van der Waals surface area contributed by atoms with Crippen LogP contribution in [-0.2, 0) is 21.9 Å². The summed E-state index contributed by atoms with van der Waals surface area (Å²) in [5.74, 6) is 0.202. The van der Waals surface area contributed by atoms with Crippen LogP contribution in [-0.4, -0.2) is 34.6 Å². The van der Waals surface area contributed by atoms with Gasteiger partial charge in [0.05, 0.1) is 5.75 Å². The lowest BCUT2D eigenvalue weighted by Gasteiger charge is -2.29. The van der Waals surface area contributed by atoms with Gasteiger partial charge in [0, 0.05) is 23.4 Å². The van der Waals surface area contributed by atoms with Gasteiger partial charge in [-0.25, -0.2) is 4.39 Å². The summed E-state index contributed by atoms with van der Waals surface area (Å²) in [6.07, 6.45) is 0.805. The molecule has 0 aliphatic carbocycles. The summed E-state index contributed by atoms with van der Waals surface area (Å²) in [6.45, 7) is 5.88. The van der Waals surface area contributed by atoms with E-state index in [1.54, 1.807) is 24.0 Å². The predicted molar refractivity (Wildman–Crippen MR) is 122 cm³/mol. The van der Waals surface area contributed by atoms with Crippen LogP contribution >= 0.6 is 23.4 Å². The quantitative estimate of drug-likeness (QED) is 0.551. The normalized spacial score (nSPS) is 12.8. The van der Waals surface area contributed by atoms with Gasteiger partial charge in [-0.15, -0.1) is 11.8 Å². The molecule has 0 aromatic heterocycles. The maximum Gasteiger partial charge on any atom is 0.242 e. The highest BCUT2D eigenvalue weighted by Crippen LogP contribution is 2.18. The summed E-state index contributed by atoms with van der Waals surface area (Å²) in [5.41, 5.74) is 1.81. The number of nitrogens with zero attached hydrogens (tertiary/aromatic N) is 1. The van der Waals surface area contributed by atoms with Gasteiger partial charge in [0.1, 0.15) is 11.9 Å². The van der Waals surface area contributed by atoms with Crippen molar-refractivity contribution in [1.29, 1.82) is 0 Å². The molecule has 0 saturated carbocycles. The molecule has 0 heterocycles. The Kier molecular flexibility index (Phi) is 9.66. The second-order valence-electron chi connectivity index (χ2n) is 7.26. The maximum atomic E-state index is 13.3. The topological polar surface area (TPSA) is 49.4 Å². The van der Waals surface area contributed by atoms with E-state index in [9.17, 15) is 14.0 Å². The van der Waals surface area contributed by atoms with Gasteiger partial charge >= 0.3 is 0 Å². The standard InChI is InChI=1S/C23H28ClFN2O2S/c1-4-16(2)26-23(29)17(3)27(13-18-8-10-21(25)11-9-18)22(28)15-30-14-19-6-5-7-20(24)12-19/h5-12,16-17H,4,13-15H2,1-3H3,(H,26,29)/t16-,17-/m0/s1. The minimum Gasteiger partial charge on any atom is -0.352 e. The molecule has 2 aromatic rings. The molecule has 2 amide bonds. The van der Waals surface area contributed by atoms with Crippen molar-refractivity contribution in [2.24, 2.45) is 0 Å². The first-order chi connectivity index (χ1) is 14.3. The van der Waals surface area contributed by atoms with Gasteiger partial charge in [0.2, 0.25) is 11.8 Å². The highest BCUT2D eigenvalue weighted by Gasteiger charge is 2.26. The molecule has 30 heavy (non-hydrogen) atoms. The Morgan fingerprint density at radius 1 is 1.13 bits per heavy atom. The summed E-state index contributed by atoms with van der Waals surface area (Å²) in [5, 5.41) is 3.59. The minimum absolute atomic E-state index is 0.0277. The smallest absolute Gasteiger partial charge is 0.242 e. The Morgan fingerprint density at radius 3 is 2.47 bits per heavy atom. The highest BCUT2D eigenvalue weighted by molar-refractivity contribution is 7.99. The summed E-state index contributed by atoms with van der Waals surface area (Å²) in [6, 6.07) is 12.9. The van der Waals surface area contributed by atoms with Crippen molar-refractivity contribution in [2.75, 3.05) is 5.75 Å². The van der Waals surface area contributed by atoms with Crippen molar-refractivity contribution in [3.63, 3.8) is 0 Å². The van der Waals surface area contributed by atoms with Gasteiger partial charge in [-0.1, -0.05) is 42.8 Å². The highest BCUT2D eigenvalue weighted by atomic mass is 35.5. The third-order valence-electron chi connectivity index (χ3n) is 4.82. The molecule has 0 fully saturated rings. The number of rotatable bonds is 10. The van der Waals surface area contributed by atoms with E-state index in [0.29, 0.717) is 10.8 Å². The lowest BCUT2D eigenvalue weighted by molar-refractivity contribution is -0.138. The second-order valence-corrected chi connectivity index (χ2v) is 8.69. The summed E-state index contributed by atoms with van der Waals surface area (Å²) >= 11 is 7.48. The van der Waals surface area contributed by atoms with Crippen molar-refractivity contribution in [3.05, 3.63) is 70.5 Å². The number of carbonyl (C=O) groups excluding carboxylic acids is 2. The fraction of sp³-hybridized carbons (Fsp3) is 0.391. The molecule has 0 aliphatic heterocycles. The van der Waals surface area contributed by atoms with E-state index in [1.165, 1.54) is 23.9 Å². The third kappa shape index (κ3) is 7.65. The van der Waals surface area contributed by atoms with E-state index in [2.05, 4.69) is 5.32 Å². The Hall–Kier alpha value is -2.05. The van der Waals surface area contributed by atoms with E-state index < -0.39 is 6.04 Å². The lowest BCUT2D eigenvalue weighted by Crippen LogP contribution is -2.50. The number of carbonyl (C=O) groups is 2. The van der Waals surface area contributed by atoms with E-state index in [4.69, 9.17) is 11.6 Å². The van der Waals surface area contributed by atoms with Crippen LogP contribution in [0.2, 0.25) is 5.02 Å². The van der Waals surface area contributed by atoms with Crippen molar-refractivity contribution in [3.8, 4) is 0 Å². The molecule has 0 saturated heterocycles. The summed E-state index contributed by atoms with van der Waals surface area (Å²) in [4.78, 5) is 27.2. The second kappa shape index (κ2) is 12.0. The third-order valence-corrected chi connectivity index (χ3v) is 6.04. The molecule has 0 aliphatic rings. The molecule has 7 heteroatoms. The molecule has 0 radical (unpaired) electrons. The number of halogens is 2. The van der Waals surface area contributed by atoms with Crippen molar-refractivity contribution in [1.82, 2.24) is 10.2 Å². The van der Waals surface area contributed by atoms with Gasteiger partial charge < -0.3 is 10.2 Å². The fourth-order valence-corrected chi connectivity index (χ4v) is 3.87. The molecular weight excluding hydrogens is 423 g/mol. The van der Waals surface area contributed by atoms with Crippen LogP contribution in [0.5, 0.6) is 0 Å². The largest absolute Gasteiger partial charge is 0.352 e. The molecule has 0 bridgehead atoms. The van der Waals surface area contributed by atoms with Gasteiger partial charge in [-0.3, -0.25) is 9.59 Å². The van der Waals surface area contributed by atoms with Gasteiger partial charge in [0.15, 0.2) is 0 Å².